The zero-order chi connectivity index (χ0) is 13.8. The van der Waals surface area contributed by atoms with Crippen LogP contribution in [0.15, 0.2) is 30.3 Å². The molecule has 1 atom stereocenters. The number of alkyl halides is 1. The van der Waals surface area contributed by atoms with Gasteiger partial charge in [0.15, 0.2) is 0 Å². The van der Waals surface area contributed by atoms with Crippen LogP contribution >= 0.6 is 11.6 Å². The highest BCUT2D eigenvalue weighted by Gasteiger charge is 2.16. The molecule has 19 heavy (non-hydrogen) atoms. The van der Waals surface area contributed by atoms with E-state index in [0.717, 1.165) is 18.7 Å². The molecule has 0 aliphatic heterocycles. The highest BCUT2D eigenvalue weighted by Crippen LogP contribution is 2.25. The summed E-state index contributed by atoms with van der Waals surface area (Å²) < 4.78 is 2.08. The summed E-state index contributed by atoms with van der Waals surface area (Å²) in [5.41, 5.74) is 5.01. The van der Waals surface area contributed by atoms with Gasteiger partial charge < -0.3 is 0 Å². The molecule has 2 nitrogen and oxygen atoms in total. The van der Waals surface area contributed by atoms with Crippen LogP contribution in [-0.2, 0) is 13.0 Å². The zero-order valence-electron chi connectivity index (χ0n) is 11.9. The maximum atomic E-state index is 6.20. The van der Waals surface area contributed by atoms with E-state index in [-0.39, 0.29) is 0 Å². The lowest BCUT2D eigenvalue weighted by Gasteiger charge is -2.17. The Hall–Kier alpha value is -1.28. The van der Waals surface area contributed by atoms with E-state index >= 15 is 0 Å². The molecule has 0 fully saturated rings. The van der Waals surface area contributed by atoms with Gasteiger partial charge in [0.05, 0.1) is 5.69 Å². The lowest BCUT2D eigenvalue weighted by molar-refractivity contribution is 0.595. The Morgan fingerprint density at radius 3 is 2.63 bits per heavy atom. The molecule has 1 unspecified atom stereocenters. The van der Waals surface area contributed by atoms with Gasteiger partial charge in [0.25, 0.3) is 0 Å². The number of rotatable bonds is 5. The Morgan fingerprint density at radius 1 is 1.26 bits per heavy atom. The van der Waals surface area contributed by atoms with Gasteiger partial charge in [-0.05, 0) is 44.4 Å². The van der Waals surface area contributed by atoms with E-state index < -0.39 is 0 Å². The summed E-state index contributed by atoms with van der Waals surface area (Å²) in [4.78, 5) is 0. The molecular weight excluding hydrogens is 256 g/mol. The van der Waals surface area contributed by atoms with Gasteiger partial charge >= 0.3 is 0 Å². The van der Waals surface area contributed by atoms with Gasteiger partial charge in [0, 0.05) is 24.0 Å². The summed E-state index contributed by atoms with van der Waals surface area (Å²) in [5, 5.41) is 4.51. The van der Waals surface area contributed by atoms with Crippen molar-refractivity contribution in [3.8, 4) is 0 Å². The molecule has 0 bridgehead atoms. The van der Waals surface area contributed by atoms with E-state index in [1.165, 1.54) is 16.8 Å². The normalized spacial score (nSPS) is 12.6. The van der Waals surface area contributed by atoms with Crippen molar-refractivity contribution in [3.63, 3.8) is 0 Å². The third-order valence-corrected chi connectivity index (χ3v) is 3.93. The van der Waals surface area contributed by atoms with Crippen molar-refractivity contribution in [2.45, 2.75) is 39.7 Å². The van der Waals surface area contributed by atoms with Gasteiger partial charge in [-0.2, -0.15) is 5.10 Å². The van der Waals surface area contributed by atoms with Crippen LogP contribution in [0, 0.1) is 13.8 Å². The number of benzene rings is 1. The summed E-state index contributed by atoms with van der Waals surface area (Å²) in [6, 6.07) is 10.7. The molecule has 3 heteroatoms. The fourth-order valence-corrected chi connectivity index (χ4v) is 2.86. The van der Waals surface area contributed by atoms with Crippen molar-refractivity contribution in [1.29, 1.82) is 0 Å². The average Bonchev–Trinajstić information content (AvgIpc) is 2.77. The Morgan fingerprint density at radius 2 is 2.00 bits per heavy atom. The third-order valence-electron chi connectivity index (χ3n) is 3.56. The maximum Gasteiger partial charge on any atom is 0.0596 e. The molecule has 0 spiro atoms. The van der Waals surface area contributed by atoms with Crippen molar-refractivity contribution in [3.05, 3.63) is 52.8 Å². The van der Waals surface area contributed by atoms with E-state index in [0.29, 0.717) is 11.8 Å². The van der Waals surface area contributed by atoms with E-state index in [4.69, 9.17) is 11.6 Å². The summed E-state index contributed by atoms with van der Waals surface area (Å²) in [5.74, 6) is 0.989. The summed E-state index contributed by atoms with van der Waals surface area (Å²) in [7, 11) is 0. The maximum absolute atomic E-state index is 6.20. The number of hydrogen-bond acceptors (Lipinski definition) is 1. The first-order valence-electron chi connectivity index (χ1n) is 6.80. The number of nitrogens with zero attached hydrogens (tertiary/aromatic N) is 2. The average molecular weight is 277 g/mol. The molecule has 0 radical (unpaired) electrons. The predicted molar refractivity (Wildman–Crippen MR) is 81.0 cm³/mol. The van der Waals surface area contributed by atoms with Gasteiger partial charge in [-0.15, -0.1) is 11.6 Å². The molecule has 2 aromatic rings. The van der Waals surface area contributed by atoms with Gasteiger partial charge in [-0.25, -0.2) is 0 Å². The molecule has 0 saturated carbocycles. The molecule has 2 rings (SSSR count). The summed E-state index contributed by atoms with van der Waals surface area (Å²) >= 11 is 6.20. The molecule has 102 valence electrons. The minimum absolute atomic E-state index is 0.351. The highest BCUT2D eigenvalue weighted by atomic mass is 35.5. The van der Waals surface area contributed by atoms with Gasteiger partial charge in [0.1, 0.15) is 0 Å². The largest absolute Gasteiger partial charge is 0.270 e. The van der Waals surface area contributed by atoms with Crippen LogP contribution < -0.4 is 0 Å². The Labute approximate surface area is 120 Å². The van der Waals surface area contributed by atoms with Crippen molar-refractivity contribution >= 4 is 11.6 Å². The molecule has 0 aliphatic carbocycles. The van der Waals surface area contributed by atoms with Crippen molar-refractivity contribution in [2.24, 2.45) is 0 Å². The molecule has 0 amide bonds. The second-order valence-corrected chi connectivity index (χ2v) is 5.31. The molecule has 0 N–H and O–H groups in total. The van der Waals surface area contributed by atoms with E-state index in [9.17, 15) is 0 Å². The first-order chi connectivity index (χ1) is 9.15. The first kappa shape index (κ1) is 14.1. The van der Waals surface area contributed by atoms with Crippen molar-refractivity contribution in [2.75, 3.05) is 5.88 Å². The van der Waals surface area contributed by atoms with Crippen LogP contribution in [0.2, 0.25) is 0 Å². The smallest absolute Gasteiger partial charge is 0.0596 e. The van der Waals surface area contributed by atoms with Crippen LogP contribution in [0.25, 0.3) is 0 Å². The second-order valence-electron chi connectivity index (χ2n) is 5.00. The first-order valence-corrected chi connectivity index (χ1v) is 7.34. The van der Waals surface area contributed by atoms with Crippen LogP contribution in [0.5, 0.6) is 0 Å². The zero-order valence-corrected chi connectivity index (χ0v) is 12.6. The van der Waals surface area contributed by atoms with Crippen LogP contribution in [0.3, 0.4) is 0 Å². The quantitative estimate of drug-likeness (QED) is 0.752. The van der Waals surface area contributed by atoms with Crippen molar-refractivity contribution in [1.82, 2.24) is 9.78 Å². The number of aromatic nitrogens is 2. The second kappa shape index (κ2) is 6.25. The summed E-state index contributed by atoms with van der Waals surface area (Å²) in [6.07, 6.45) is 0.947. The van der Waals surface area contributed by atoms with Gasteiger partial charge in [0.2, 0.25) is 0 Å². The minimum Gasteiger partial charge on any atom is -0.270 e. The number of hydrogen-bond donors (Lipinski definition) is 0. The lowest BCUT2D eigenvalue weighted by Crippen LogP contribution is -2.11. The van der Waals surface area contributed by atoms with E-state index in [2.05, 4.69) is 54.0 Å². The number of aryl methyl sites for hydroxylation is 3. The fourth-order valence-electron chi connectivity index (χ4n) is 2.58. The molecule has 0 aliphatic rings. The Kier molecular flexibility index (Phi) is 4.65. The van der Waals surface area contributed by atoms with Crippen molar-refractivity contribution < 1.29 is 0 Å². The molecule has 1 aromatic carbocycles. The molecular formula is C16H21ClN2. The van der Waals surface area contributed by atoms with Crippen LogP contribution in [-0.4, -0.2) is 15.7 Å². The van der Waals surface area contributed by atoms with Gasteiger partial charge in [-0.1, -0.05) is 24.3 Å². The molecule has 1 heterocycles. The monoisotopic (exact) mass is 276 g/mol. The van der Waals surface area contributed by atoms with Crippen LogP contribution in [0.4, 0.5) is 0 Å². The fraction of sp³-hybridized carbons (Fsp3) is 0.438. The molecule has 1 aromatic heterocycles. The lowest BCUT2D eigenvalue weighted by atomic mass is 9.92. The summed E-state index contributed by atoms with van der Waals surface area (Å²) in [6.45, 7) is 7.22. The molecule has 0 saturated heterocycles. The Balaban J connectivity index is 2.26. The number of halogens is 1. The van der Waals surface area contributed by atoms with Gasteiger partial charge in [-0.3, -0.25) is 4.68 Å². The SMILES string of the molecule is CCn1nc(C)cc1CC(CCl)c1ccccc1C. The highest BCUT2D eigenvalue weighted by molar-refractivity contribution is 6.18. The Bertz CT molecular complexity index is 545. The van der Waals surface area contributed by atoms with Crippen LogP contribution in [0.1, 0.15) is 35.4 Å². The predicted octanol–water partition coefficient (Wildman–Crippen LogP) is 4.08. The van der Waals surface area contributed by atoms with E-state index in [1.54, 1.807) is 0 Å². The topological polar surface area (TPSA) is 17.8 Å². The minimum atomic E-state index is 0.351. The van der Waals surface area contributed by atoms with E-state index in [1.807, 2.05) is 6.92 Å². The third kappa shape index (κ3) is 3.19. The standard InChI is InChI=1S/C16H21ClN2/c1-4-19-15(9-13(3)18-19)10-14(11-17)16-8-6-5-7-12(16)2/h5-9,14H,4,10-11H2,1-3H3.